The Morgan fingerprint density at radius 1 is 0.553 bits per heavy atom. The molecule has 10 heteroatoms. The Bertz CT molecular complexity index is 754. The van der Waals surface area contributed by atoms with Crippen molar-refractivity contribution in [3.05, 3.63) is 0 Å². The van der Waals surface area contributed by atoms with Crippen molar-refractivity contribution in [2.75, 3.05) is 26.4 Å². The quantitative estimate of drug-likeness (QED) is 0.0383. The highest BCUT2D eigenvalue weighted by molar-refractivity contribution is 7.45. The molecule has 0 saturated heterocycles. The molecule has 47 heavy (non-hydrogen) atoms. The first-order chi connectivity index (χ1) is 22.8. The smallest absolute Gasteiger partial charge is 0.306 e. The molecule has 0 heterocycles. The van der Waals surface area contributed by atoms with Gasteiger partial charge in [-0.2, -0.15) is 0 Å². The molecule has 0 fully saturated rings. The van der Waals surface area contributed by atoms with Gasteiger partial charge in [-0.05, 0) is 12.8 Å². The SMILES string of the molecule is CCCCCCCCCCCCCCCC(=O)OC[C@H](COP(=O)([O-])OCCN)OC(=O)CCCCCCCCCCCCCCC. The fraction of sp³-hybridized carbons (Fsp3) is 0.946. The van der Waals surface area contributed by atoms with Gasteiger partial charge in [-0.1, -0.05) is 168 Å². The van der Waals surface area contributed by atoms with Crippen molar-refractivity contribution < 1.29 is 37.6 Å². The second-order valence-corrected chi connectivity index (χ2v) is 14.6. The Morgan fingerprint density at radius 3 is 1.30 bits per heavy atom. The zero-order valence-electron chi connectivity index (χ0n) is 30.5. The maximum atomic E-state index is 12.5. The second kappa shape index (κ2) is 34.9. The number of carbonyl (C=O) groups is 2. The van der Waals surface area contributed by atoms with E-state index in [4.69, 9.17) is 19.7 Å². The third-order valence-electron chi connectivity index (χ3n) is 8.48. The van der Waals surface area contributed by atoms with Gasteiger partial charge in [0.15, 0.2) is 6.10 Å². The van der Waals surface area contributed by atoms with Crippen molar-refractivity contribution in [2.45, 2.75) is 200 Å². The van der Waals surface area contributed by atoms with E-state index < -0.39 is 32.5 Å². The summed E-state index contributed by atoms with van der Waals surface area (Å²) >= 11 is 0. The van der Waals surface area contributed by atoms with Gasteiger partial charge in [0.05, 0.1) is 13.2 Å². The predicted molar refractivity (Wildman–Crippen MR) is 190 cm³/mol. The van der Waals surface area contributed by atoms with Crippen LogP contribution in [0.15, 0.2) is 0 Å². The molecule has 0 aliphatic carbocycles. The number of ether oxygens (including phenoxy) is 2. The molecule has 0 aliphatic rings. The summed E-state index contributed by atoms with van der Waals surface area (Å²) in [7, 11) is -4.61. The fourth-order valence-electron chi connectivity index (χ4n) is 5.57. The van der Waals surface area contributed by atoms with Crippen LogP contribution in [0.25, 0.3) is 0 Å². The number of esters is 2. The summed E-state index contributed by atoms with van der Waals surface area (Å²) in [6.45, 7) is 3.55. The minimum absolute atomic E-state index is 0.0178. The van der Waals surface area contributed by atoms with E-state index >= 15 is 0 Å². The maximum Gasteiger partial charge on any atom is 0.306 e. The third kappa shape index (κ3) is 34.7. The van der Waals surface area contributed by atoms with E-state index in [0.29, 0.717) is 6.42 Å². The Hall–Kier alpha value is -0.990. The third-order valence-corrected chi connectivity index (χ3v) is 9.45. The highest BCUT2D eigenvalue weighted by Gasteiger charge is 2.21. The van der Waals surface area contributed by atoms with Crippen molar-refractivity contribution in [1.29, 1.82) is 0 Å². The molecule has 9 nitrogen and oxygen atoms in total. The molecule has 0 bridgehead atoms. The Balaban J connectivity index is 4.18. The first kappa shape index (κ1) is 46.0. The normalized spacial score (nSPS) is 13.4. The molecule has 2 N–H and O–H groups in total. The van der Waals surface area contributed by atoms with Crippen LogP contribution in [0, 0.1) is 0 Å². The van der Waals surface area contributed by atoms with Gasteiger partial charge in [0.2, 0.25) is 0 Å². The summed E-state index contributed by atoms with van der Waals surface area (Å²) in [6.07, 6.45) is 31.0. The van der Waals surface area contributed by atoms with Gasteiger partial charge in [0.25, 0.3) is 7.82 Å². The molecule has 0 saturated carbocycles. The first-order valence-corrected chi connectivity index (χ1v) is 21.0. The molecule has 0 aliphatic heterocycles. The van der Waals surface area contributed by atoms with Gasteiger partial charge in [0, 0.05) is 19.4 Å². The number of phosphoric ester groups is 1. The summed E-state index contributed by atoms with van der Waals surface area (Å²) in [6, 6.07) is 0. The fourth-order valence-corrected chi connectivity index (χ4v) is 6.32. The van der Waals surface area contributed by atoms with Gasteiger partial charge in [-0.3, -0.25) is 14.2 Å². The van der Waals surface area contributed by atoms with Crippen molar-refractivity contribution >= 4 is 19.8 Å². The van der Waals surface area contributed by atoms with Crippen molar-refractivity contribution in [1.82, 2.24) is 0 Å². The standard InChI is InChI=1S/C37H74NO8P/c1-3-5-7-9-11-13-15-17-19-21-23-25-27-29-36(39)43-33-35(34-45-47(41,42)44-32-31-38)46-37(40)30-28-26-24-22-20-18-16-14-12-10-8-6-4-2/h35H,3-34,38H2,1-2H3,(H,41,42)/p-1/t35-/m1/s1. The van der Waals surface area contributed by atoms with Gasteiger partial charge in [-0.15, -0.1) is 0 Å². The number of rotatable bonds is 37. The monoisotopic (exact) mass is 691 g/mol. The van der Waals surface area contributed by atoms with E-state index in [0.717, 1.165) is 38.5 Å². The number of phosphoric acid groups is 1. The van der Waals surface area contributed by atoms with Gasteiger partial charge in [-0.25, -0.2) is 0 Å². The molecule has 0 aromatic carbocycles. The molecule has 1 unspecified atom stereocenters. The highest BCUT2D eigenvalue weighted by Crippen LogP contribution is 2.38. The predicted octanol–water partition coefficient (Wildman–Crippen LogP) is 9.86. The molecule has 0 aromatic rings. The van der Waals surface area contributed by atoms with Gasteiger partial charge in [0.1, 0.15) is 6.61 Å². The Kier molecular flexibility index (Phi) is 34.1. The Labute approximate surface area is 288 Å². The minimum Gasteiger partial charge on any atom is -0.756 e. The lowest BCUT2D eigenvalue weighted by molar-refractivity contribution is -0.228. The molecule has 0 amide bonds. The molecule has 0 aromatic heterocycles. The average molecular weight is 691 g/mol. The zero-order chi connectivity index (χ0) is 34.7. The summed E-state index contributed by atoms with van der Waals surface area (Å²) in [5.41, 5.74) is 5.30. The Morgan fingerprint density at radius 2 is 0.915 bits per heavy atom. The minimum atomic E-state index is -4.61. The number of hydrogen-bond donors (Lipinski definition) is 1. The summed E-state index contributed by atoms with van der Waals surface area (Å²) in [4.78, 5) is 36.8. The van der Waals surface area contributed by atoms with E-state index in [2.05, 4.69) is 18.4 Å². The van der Waals surface area contributed by atoms with E-state index in [-0.39, 0.29) is 32.6 Å². The molecular formula is C37H73NO8P-. The van der Waals surface area contributed by atoms with Crippen LogP contribution in [-0.4, -0.2) is 44.4 Å². The molecule has 0 radical (unpaired) electrons. The number of carbonyl (C=O) groups excluding carboxylic acids is 2. The maximum absolute atomic E-state index is 12.5. The van der Waals surface area contributed by atoms with Crippen LogP contribution < -0.4 is 10.6 Å². The van der Waals surface area contributed by atoms with E-state index in [9.17, 15) is 19.0 Å². The largest absolute Gasteiger partial charge is 0.756 e. The van der Waals surface area contributed by atoms with Crippen LogP contribution >= 0.6 is 7.82 Å². The lowest BCUT2D eigenvalue weighted by Crippen LogP contribution is -2.30. The lowest BCUT2D eigenvalue weighted by Gasteiger charge is -2.25. The van der Waals surface area contributed by atoms with Gasteiger partial charge >= 0.3 is 11.9 Å². The van der Waals surface area contributed by atoms with Crippen LogP contribution in [-0.2, 0) is 32.7 Å². The molecule has 0 spiro atoms. The van der Waals surface area contributed by atoms with Crippen molar-refractivity contribution in [3.63, 3.8) is 0 Å². The molecule has 2 atom stereocenters. The molecule has 0 rings (SSSR count). The van der Waals surface area contributed by atoms with Crippen LogP contribution in [0.3, 0.4) is 0 Å². The summed E-state index contributed by atoms with van der Waals surface area (Å²) in [5, 5.41) is 0. The number of unbranched alkanes of at least 4 members (excludes halogenated alkanes) is 24. The molecule has 280 valence electrons. The van der Waals surface area contributed by atoms with Crippen LogP contribution in [0.2, 0.25) is 0 Å². The highest BCUT2D eigenvalue weighted by atomic mass is 31.2. The van der Waals surface area contributed by atoms with E-state index in [1.54, 1.807) is 0 Å². The first-order valence-electron chi connectivity index (χ1n) is 19.5. The lowest BCUT2D eigenvalue weighted by atomic mass is 10.0. The van der Waals surface area contributed by atoms with Crippen LogP contribution in [0.4, 0.5) is 0 Å². The summed E-state index contributed by atoms with van der Waals surface area (Å²) < 4.78 is 32.3. The van der Waals surface area contributed by atoms with Crippen molar-refractivity contribution in [3.8, 4) is 0 Å². The van der Waals surface area contributed by atoms with Gasteiger partial charge < -0.3 is 29.1 Å². The molecular weight excluding hydrogens is 617 g/mol. The van der Waals surface area contributed by atoms with Crippen molar-refractivity contribution in [2.24, 2.45) is 5.73 Å². The van der Waals surface area contributed by atoms with E-state index in [1.165, 1.54) is 122 Å². The average Bonchev–Trinajstić information content (AvgIpc) is 3.05. The van der Waals surface area contributed by atoms with Crippen LogP contribution in [0.5, 0.6) is 0 Å². The summed E-state index contributed by atoms with van der Waals surface area (Å²) in [5.74, 6) is -0.854. The number of nitrogens with two attached hydrogens (primary N) is 1. The zero-order valence-corrected chi connectivity index (χ0v) is 31.4. The topological polar surface area (TPSA) is 137 Å². The second-order valence-electron chi connectivity index (χ2n) is 13.1. The van der Waals surface area contributed by atoms with E-state index in [1.807, 2.05) is 0 Å². The number of hydrogen-bond acceptors (Lipinski definition) is 9. The van der Waals surface area contributed by atoms with Crippen LogP contribution in [0.1, 0.15) is 194 Å².